The van der Waals surface area contributed by atoms with E-state index < -0.39 is 17.1 Å². The van der Waals surface area contributed by atoms with Crippen LogP contribution in [0.3, 0.4) is 0 Å². The Morgan fingerprint density at radius 2 is 1.80 bits per heavy atom. The first-order chi connectivity index (χ1) is 22.1. The number of carbonyl (C=O) groups excluding carboxylic acids is 4. The number of esters is 1. The molecule has 0 radical (unpaired) electrons. The van der Waals surface area contributed by atoms with E-state index in [9.17, 15) is 24.3 Å². The zero-order valence-electron chi connectivity index (χ0n) is 25.2. The zero-order chi connectivity index (χ0) is 33.1. The minimum Gasteiger partial charge on any atom is -0.508 e. The van der Waals surface area contributed by atoms with Gasteiger partial charge in [-0.15, -0.1) is 23.1 Å². The molecule has 238 valence electrons. The number of nitrogens with zero attached hydrogens (tertiary/aromatic N) is 1. The number of hydrogen-bond acceptors (Lipinski definition) is 10. The highest BCUT2D eigenvalue weighted by molar-refractivity contribution is 8.00. The first kappa shape index (κ1) is 33.7. The Morgan fingerprint density at radius 1 is 1.02 bits per heavy atom. The second-order valence-electron chi connectivity index (χ2n) is 9.66. The van der Waals surface area contributed by atoms with E-state index in [1.165, 1.54) is 48.4 Å². The van der Waals surface area contributed by atoms with E-state index in [1.54, 1.807) is 79.9 Å². The Morgan fingerprint density at radius 3 is 2.54 bits per heavy atom. The molecule has 13 heteroatoms. The molecule has 0 saturated carbocycles. The lowest BCUT2D eigenvalue weighted by molar-refractivity contribution is -0.142. The van der Waals surface area contributed by atoms with Crippen LogP contribution < -0.4 is 20.7 Å². The molecular weight excluding hydrogens is 629 g/mol. The topological polar surface area (TPSA) is 156 Å². The van der Waals surface area contributed by atoms with Crippen molar-refractivity contribution in [3.8, 4) is 11.5 Å². The summed E-state index contributed by atoms with van der Waals surface area (Å²) < 4.78 is 10.3. The van der Waals surface area contributed by atoms with Crippen molar-refractivity contribution in [2.75, 3.05) is 24.4 Å². The van der Waals surface area contributed by atoms with Crippen LogP contribution in [0, 0.1) is 0 Å². The lowest BCUT2D eigenvalue weighted by atomic mass is 10.1. The Labute approximate surface area is 274 Å². The van der Waals surface area contributed by atoms with Crippen LogP contribution in [-0.4, -0.2) is 52.7 Å². The van der Waals surface area contributed by atoms with Crippen LogP contribution in [0.2, 0.25) is 0 Å². The number of nitrogens with one attached hydrogen (secondary N) is 3. The summed E-state index contributed by atoms with van der Waals surface area (Å²) in [6, 6.07) is 19.8. The van der Waals surface area contributed by atoms with E-state index in [2.05, 4.69) is 20.9 Å². The van der Waals surface area contributed by atoms with Gasteiger partial charge >= 0.3 is 5.97 Å². The van der Waals surface area contributed by atoms with Gasteiger partial charge in [-0.2, -0.15) is 0 Å². The van der Waals surface area contributed by atoms with Crippen LogP contribution in [0.5, 0.6) is 11.5 Å². The summed E-state index contributed by atoms with van der Waals surface area (Å²) >= 11 is 2.49. The van der Waals surface area contributed by atoms with Gasteiger partial charge in [0, 0.05) is 33.2 Å². The first-order valence-corrected chi connectivity index (χ1v) is 15.8. The van der Waals surface area contributed by atoms with Crippen molar-refractivity contribution in [1.82, 2.24) is 10.3 Å². The van der Waals surface area contributed by atoms with Gasteiger partial charge in [-0.3, -0.25) is 19.2 Å². The van der Waals surface area contributed by atoms with Gasteiger partial charge in [-0.25, -0.2) is 4.98 Å². The van der Waals surface area contributed by atoms with Gasteiger partial charge in [-0.05, 0) is 62.4 Å². The highest BCUT2D eigenvalue weighted by Gasteiger charge is 2.19. The first-order valence-electron chi connectivity index (χ1n) is 14.1. The summed E-state index contributed by atoms with van der Waals surface area (Å²) in [5.41, 5.74) is 1.70. The van der Waals surface area contributed by atoms with Crippen LogP contribution in [-0.2, 0) is 25.5 Å². The van der Waals surface area contributed by atoms with E-state index in [1.807, 2.05) is 0 Å². The number of anilines is 2. The number of carbonyl (C=O) groups is 4. The third-order valence-corrected chi connectivity index (χ3v) is 8.13. The summed E-state index contributed by atoms with van der Waals surface area (Å²) in [6.45, 7) is 3.75. The number of thioether (sulfide) groups is 1. The van der Waals surface area contributed by atoms with E-state index in [-0.39, 0.29) is 36.4 Å². The van der Waals surface area contributed by atoms with Crippen molar-refractivity contribution < 1.29 is 33.8 Å². The monoisotopic (exact) mass is 660 g/mol. The van der Waals surface area contributed by atoms with Crippen LogP contribution in [0.15, 0.2) is 88.8 Å². The molecule has 46 heavy (non-hydrogen) atoms. The fourth-order valence-corrected chi connectivity index (χ4v) is 5.67. The molecule has 0 aliphatic heterocycles. The summed E-state index contributed by atoms with van der Waals surface area (Å²) in [6.07, 6.45) is 1.48. The second-order valence-corrected chi connectivity index (χ2v) is 11.9. The van der Waals surface area contributed by atoms with Crippen molar-refractivity contribution >= 4 is 63.7 Å². The number of amides is 3. The number of aromatic hydroxyl groups is 1. The fraction of sp³-hybridized carbons (Fsp3) is 0.182. The maximum atomic E-state index is 13.5. The van der Waals surface area contributed by atoms with E-state index >= 15 is 0 Å². The molecule has 4 rings (SSSR count). The quantitative estimate of drug-likeness (QED) is 0.0827. The number of benzene rings is 3. The molecule has 3 amide bonds. The molecule has 0 aliphatic carbocycles. The molecule has 1 unspecified atom stereocenters. The summed E-state index contributed by atoms with van der Waals surface area (Å²) in [7, 11) is 1.43. The molecule has 11 nitrogen and oxygen atoms in total. The number of methoxy groups -OCH3 is 1. The molecule has 0 spiro atoms. The third kappa shape index (κ3) is 9.68. The van der Waals surface area contributed by atoms with E-state index in [0.717, 1.165) is 0 Å². The van der Waals surface area contributed by atoms with Gasteiger partial charge in [0.2, 0.25) is 5.91 Å². The Balaban J connectivity index is 1.46. The molecule has 1 heterocycles. The maximum Gasteiger partial charge on any atom is 0.311 e. The number of phenols is 1. The van der Waals surface area contributed by atoms with Gasteiger partial charge in [0.05, 0.1) is 31.1 Å². The molecule has 0 fully saturated rings. The normalized spacial score (nSPS) is 11.7. The predicted molar refractivity (Wildman–Crippen MR) is 178 cm³/mol. The van der Waals surface area contributed by atoms with Gasteiger partial charge in [0.15, 0.2) is 5.13 Å². The average Bonchev–Trinajstić information content (AvgIpc) is 3.48. The number of thiazole rings is 1. The van der Waals surface area contributed by atoms with Crippen molar-refractivity contribution in [1.29, 1.82) is 0 Å². The summed E-state index contributed by atoms with van der Waals surface area (Å²) in [5.74, 6) is -1.48. The average molecular weight is 661 g/mol. The number of phenolic OH excluding ortho intramolecular Hbond substituents is 1. The number of rotatable bonds is 13. The highest BCUT2D eigenvalue weighted by Crippen LogP contribution is 2.28. The SMILES string of the molecule is CCOC(=O)Cc1csc(NC(=O)C(C)Sc2cccc(NC(=O)/C(=C\c3ccc(O)cc3OC)NC(=O)c3ccccc3)c2)n1. The number of aromatic nitrogens is 1. The van der Waals surface area contributed by atoms with Crippen LogP contribution in [0.25, 0.3) is 6.08 Å². The molecule has 4 N–H and O–H groups in total. The summed E-state index contributed by atoms with van der Waals surface area (Å²) in [5, 5.41) is 19.6. The minimum absolute atomic E-state index is 0.0176. The van der Waals surface area contributed by atoms with Crippen molar-refractivity contribution in [2.45, 2.75) is 30.4 Å². The maximum absolute atomic E-state index is 13.5. The molecule has 0 bridgehead atoms. The molecule has 0 aliphatic rings. The van der Waals surface area contributed by atoms with E-state index in [0.29, 0.717) is 38.3 Å². The standard InChI is InChI=1S/C33H32N4O7S2/c1-4-44-29(39)17-24-19-45-33(35-24)37-30(40)20(2)46-26-12-8-11-23(16-26)34-32(42)27(36-31(41)21-9-6-5-7-10-21)15-22-13-14-25(38)18-28(22)43-3/h5-16,18-20,38H,4,17H2,1-3H3,(H,34,42)(H,36,41)(H,35,37,40)/b27-15+. The Bertz CT molecular complexity index is 1740. The molecule has 1 aromatic heterocycles. The Kier molecular flexibility index (Phi) is 11.9. The van der Waals surface area contributed by atoms with Gasteiger partial charge < -0.3 is 30.5 Å². The molecule has 0 saturated heterocycles. The van der Waals surface area contributed by atoms with Gasteiger partial charge in [0.25, 0.3) is 11.8 Å². The molecular formula is C33H32N4O7S2. The number of hydrogen-bond donors (Lipinski definition) is 4. The molecule has 4 aromatic rings. The van der Waals surface area contributed by atoms with Gasteiger partial charge in [0.1, 0.15) is 17.2 Å². The van der Waals surface area contributed by atoms with Crippen LogP contribution in [0.1, 0.15) is 35.5 Å². The van der Waals surface area contributed by atoms with Crippen molar-refractivity contribution in [3.63, 3.8) is 0 Å². The second kappa shape index (κ2) is 16.3. The minimum atomic E-state index is -0.602. The smallest absolute Gasteiger partial charge is 0.311 e. The Hall–Kier alpha value is -5.14. The molecule has 1 atom stereocenters. The van der Waals surface area contributed by atoms with Crippen LogP contribution in [0.4, 0.5) is 10.8 Å². The van der Waals surface area contributed by atoms with Gasteiger partial charge in [-0.1, -0.05) is 24.3 Å². The highest BCUT2D eigenvalue weighted by atomic mass is 32.2. The van der Waals surface area contributed by atoms with Crippen LogP contribution >= 0.6 is 23.1 Å². The lowest BCUT2D eigenvalue weighted by Crippen LogP contribution is -2.30. The third-order valence-electron chi connectivity index (χ3n) is 6.23. The lowest BCUT2D eigenvalue weighted by Gasteiger charge is -2.14. The summed E-state index contributed by atoms with van der Waals surface area (Å²) in [4.78, 5) is 56.1. The fourth-order valence-electron chi connectivity index (χ4n) is 4.03. The largest absolute Gasteiger partial charge is 0.508 e. The zero-order valence-corrected chi connectivity index (χ0v) is 26.9. The predicted octanol–water partition coefficient (Wildman–Crippen LogP) is 5.49. The van der Waals surface area contributed by atoms with Crippen molar-refractivity contribution in [3.05, 3.63) is 101 Å². The number of ether oxygens (including phenoxy) is 2. The molecule has 3 aromatic carbocycles. The van der Waals surface area contributed by atoms with E-state index in [4.69, 9.17) is 9.47 Å². The van der Waals surface area contributed by atoms with Crippen molar-refractivity contribution in [2.24, 2.45) is 0 Å².